The van der Waals surface area contributed by atoms with Gasteiger partial charge in [-0.15, -0.1) is 0 Å². The van der Waals surface area contributed by atoms with Crippen LogP contribution in [-0.2, 0) is 6.42 Å². The summed E-state index contributed by atoms with van der Waals surface area (Å²) in [5, 5.41) is 23.5. The van der Waals surface area contributed by atoms with Crippen LogP contribution in [-0.4, -0.2) is 45.4 Å². The number of rotatable bonds is 6. The average Bonchev–Trinajstić information content (AvgIpc) is 3.53. The van der Waals surface area contributed by atoms with Gasteiger partial charge in [-0.1, -0.05) is 23.4 Å². The highest BCUT2D eigenvalue weighted by molar-refractivity contribution is 5.67. The molecule has 0 bridgehead atoms. The normalized spacial score (nSPS) is 20.5. The number of aliphatic hydroxyl groups excluding tert-OH is 1. The van der Waals surface area contributed by atoms with E-state index in [0.29, 0.717) is 40.6 Å². The highest BCUT2D eigenvalue weighted by Crippen LogP contribution is 2.49. The summed E-state index contributed by atoms with van der Waals surface area (Å²) in [6.07, 6.45) is 2.09. The second-order valence-corrected chi connectivity index (χ2v) is 9.25. The van der Waals surface area contributed by atoms with E-state index in [2.05, 4.69) is 46.2 Å². The van der Waals surface area contributed by atoms with Crippen molar-refractivity contribution in [2.45, 2.75) is 51.8 Å². The van der Waals surface area contributed by atoms with E-state index in [1.807, 2.05) is 19.9 Å². The van der Waals surface area contributed by atoms with Gasteiger partial charge >= 0.3 is 0 Å². The van der Waals surface area contributed by atoms with Crippen LogP contribution in [0.2, 0.25) is 0 Å². The Balaban J connectivity index is 1.47. The van der Waals surface area contributed by atoms with Gasteiger partial charge in [0.25, 0.3) is 5.89 Å². The molecule has 1 aliphatic heterocycles. The van der Waals surface area contributed by atoms with Crippen molar-refractivity contribution < 1.29 is 14.4 Å². The molecule has 2 aromatic carbocycles. The Bertz CT molecular complexity index is 1210. The minimum atomic E-state index is -0.0195. The number of ether oxygens (including phenoxy) is 1. The molecule has 5 rings (SSSR count). The zero-order chi connectivity index (χ0) is 23.1. The van der Waals surface area contributed by atoms with Crippen molar-refractivity contribution in [2.75, 3.05) is 13.2 Å². The standard InChI is InChI=1S/C26H28N4O3/c1-15(2)32-23-8-7-18(11-19(23)13-27)26-28-25(29-33-26)21-6-4-5-20-22(21)12-17-9-10-30(24(17)20)16(3)14-31/h4-8,11,15-17,24,31H,9-10,12,14H2,1-3H3/t16-,17-,24?/m1/s1. The molecule has 1 saturated heterocycles. The second-order valence-electron chi connectivity index (χ2n) is 9.25. The third kappa shape index (κ3) is 3.79. The van der Waals surface area contributed by atoms with Gasteiger partial charge in [-0.05, 0) is 75.4 Å². The minimum Gasteiger partial charge on any atom is -0.490 e. The number of likely N-dealkylation sites (tertiary alicyclic amines) is 1. The summed E-state index contributed by atoms with van der Waals surface area (Å²) in [5.74, 6) is 2.03. The van der Waals surface area contributed by atoms with Crippen LogP contribution in [0.5, 0.6) is 5.75 Å². The number of aromatic nitrogens is 2. The van der Waals surface area contributed by atoms with Crippen LogP contribution in [0.25, 0.3) is 22.8 Å². The highest BCUT2D eigenvalue weighted by Gasteiger charge is 2.43. The van der Waals surface area contributed by atoms with Crippen LogP contribution in [0.4, 0.5) is 0 Å². The number of hydrogen-bond donors (Lipinski definition) is 1. The van der Waals surface area contributed by atoms with E-state index in [1.165, 1.54) is 11.1 Å². The first kappa shape index (κ1) is 21.6. The van der Waals surface area contributed by atoms with E-state index in [0.717, 1.165) is 24.9 Å². The summed E-state index contributed by atoms with van der Waals surface area (Å²) in [4.78, 5) is 7.10. The molecule has 1 fully saturated rings. The Kier molecular flexibility index (Phi) is 5.65. The topological polar surface area (TPSA) is 95.4 Å². The quantitative estimate of drug-likeness (QED) is 0.603. The van der Waals surface area contributed by atoms with Crippen LogP contribution >= 0.6 is 0 Å². The fourth-order valence-electron chi connectivity index (χ4n) is 5.27. The molecule has 33 heavy (non-hydrogen) atoms. The van der Waals surface area contributed by atoms with E-state index < -0.39 is 0 Å². The SMILES string of the molecule is CC(C)Oc1ccc(-c2nc(-c3cccc4c3C[C@H]3CCN([C@H](C)CO)C43)no2)cc1C#N. The van der Waals surface area contributed by atoms with Crippen molar-refractivity contribution >= 4 is 0 Å². The molecule has 0 radical (unpaired) electrons. The Labute approximate surface area is 193 Å². The van der Waals surface area contributed by atoms with Crippen molar-refractivity contribution in [3.05, 3.63) is 53.1 Å². The molecule has 0 amide bonds. The molecule has 1 aliphatic carbocycles. The minimum absolute atomic E-state index is 0.0195. The van der Waals surface area contributed by atoms with Crippen molar-refractivity contribution in [1.29, 1.82) is 5.26 Å². The molecule has 7 nitrogen and oxygen atoms in total. The first-order valence-electron chi connectivity index (χ1n) is 11.5. The lowest BCUT2D eigenvalue weighted by Gasteiger charge is -2.29. The van der Waals surface area contributed by atoms with Crippen LogP contribution in [0.1, 0.15) is 49.9 Å². The van der Waals surface area contributed by atoms with Crippen LogP contribution in [0.15, 0.2) is 40.9 Å². The monoisotopic (exact) mass is 444 g/mol. The van der Waals surface area contributed by atoms with Crippen LogP contribution in [0, 0.1) is 17.2 Å². The van der Waals surface area contributed by atoms with Gasteiger partial charge in [0.1, 0.15) is 11.8 Å². The van der Waals surface area contributed by atoms with Crippen LogP contribution in [0.3, 0.4) is 0 Å². The third-order valence-corrected chi connectivity index (χ3v) is 6.77. The smallest absolute Gasteiger partial charge is 0.258 e. The Hall–Kier alpha value is -3.21. The molecule has 1 N–H and O–H groups in total. The van der Waals surface area contributed by atoms with Gasteiger partial charge in [0.2, 0.25) is 5.82 Å². The van der Waals surface area contributed by atoms with E-state index in [1.54, 1.807) is 12.1 Å². The van der Waals surface area contributed by atoms with E-state index >= 15 is 0 Å². The van der Waals surface area contributed by atoms with Gasteiger partial charge in [-0.2, -0.15) is 10.2 Å². The third-order valence-electron chi connectivity index (χ3n) is 6.77. The summed E-state index contributed by atoms with van der Waals surface area (Å²) < 4.78 is 11.3. The largest absolute Gasteiger partial charge is 0.490 e. The summed E-state index contributed by atoms with van der Waals surface area (Å²) >= 11 is 0. The van der Waals surface area contributed by atoms with Gasteiger partial charge in [0.05, 0.1) is 18.3 Å². The van der Waals surface area contributed by atoms with Crippen molar-refractivity contribution in [3.63, 3.8) is 0 Å². The van der Waals surface area contributed by atoms with Gasteiger partial charge in [-0.25, -0.2) is 0 Å². The fourth-order valence-corrected chi connectivity index (χ4v) is 5.27. The Morgan fingerprint density at radius 1 is 1.27 bits per heavy atom. The molecule has 1 aromatic heterocycles. The molecule has 1 unspecified atom stereocenters. The number of aliphatic hydroxyl groups is 1. The van der Waals surface area contributed by atoms with E-state index in [4.69, 9.17) is 9.26 Å². The van der Waals surface area contributed by atoms with Crippen molar-refractivity contribution in [2.24, 2.45) is 5.92 Å². The lowest BCUT2D eigenvalue weighted by atomic mass is 10.0. The maximum atomic E-state index is 9.70. The predicted octanol–water partition coefficient (Wildman–Crippen LogP) is 4.36. The molecule has 0 spiro atoms. The van der Waals surface area contributed by atoms with Gasteiger partial charge in [0, 0.05) is 23.2 Å². The summed E-state index contributed by atoms with van der Waals surface area (Å²) in [6, 6.07) is 14.3. The van der Waals surface area contributed by atoms with Gasteiger partial charge < -0.3 is 14.4 Å². The van der Waals surface area contributed by atoms with Gasteiger partial charge in [0.15, 0.2) is 0 Å². The number of nitriles is 1. The lowest BCUT2D eigenvalue weighted by molar-refractivity contribution is 0.117. The number of fused-ring (bicyclic) bond motifs is 3. The Morgan fingerprint density at radius 2 is 2.12 bits per heavy atom. The van der Waals surface area contributed by atoms with E-state index in [-0.39, 0.29) is 18.8 Å². The molecular weight excluding hydrogens is 416 g/mol. The molecule has 7 heteroatoms. The molecule has 170 valence electrons. The highest BCUT2D eigenvalue weighted by atomic mass is 16.5. The van der Waals surface area contributed by atoms with Crippen LogP contribution < -0.4 is 4.74 Å². The molecule has 0 saturated carbocycles. The molecule has 2 heterocycles. The number of hydrogen-bond acceptors (Lipinski definition) is 7. The zero-order valence-corrected chi connectivity index (χ0v) is 19.2. The molecule has 3 aromatic rings. The number of nitrogens with zero attached hydrogens (tertiary/aromatic N) is 4. The maximum Gasteiger partial charge on any atom is 0.258 e. The lowest BCUT2D eigenvalue weighted by Crippen LogP contribution is -2.35. The van der Waals surface area contributed by atoms with E-state index in [9.17, 15) is 10.4 Å². The van der Waals surface area contributed by atoms with Gasteiger partial charge in [-0.3, -0.25) is 4.90 Å². The van der Waals surface area contributed by atoms with Crippen molar-refractivity contribution in [3.8, 4) is 34.7 Å². The summed E-state index contributed by atoms with van der Waals surface area (Å²) in [5.41, 5.74) is 4.70. The maximum absolute atomic E-state index is 9.70. The average molecular weight is 445 g/mol. The zero-order valence-electron chi connectivity index (χ0n) is 19.2. The number of benzene rings is 2. The first-order valence-corrected chi connectivity index (χ1v) is 11.5. The van der Waals surface area contributed by atoms with Crippen molar-refractivity contribution in [1.82, 2.24) is 15.0 Å². The second kappa shape index (κ2) is 8.62. The summed E-state index contributed by atoms with van der Waals surface area (Å²) in [7, 11) is 0. The summed E-state index contributed by atoms with van der Waals surface area (Å²) in [6.45, 7) is 7.12. The molecule has 2 aliphatic rings. The predicted molar refractivity (Wildman–Crippen MR) is 123 cm³/mol. The fraction of sp³-hybridized carbons (Fsp3) is 0.423. The first-order chi connectivity index (χ1) is 16.0. The molecular formula is C26H28N4O3. The molecule has 3 atom stereocenters. The Morgan fingerprint density at radius 3 is 2.88 bits per heavy atom.